The first-order chi connectivity index (χ1) is 12.5. The topological polar surface area (TPSA) is 84.1 Å². The normalized spacial score (nSPS) is 13.0. The van der Waals surface area contributed by atoms with Crippen LogP contribution in [0.1, 0.15) is 12.5 Å². The van der Waals surface area contributed by atoms with Crippen LogP contribution in [-0.2, 0) is 15.1 Å². The third-order valence-electron chi connectivity index (χ3n) is 4.26. The van der Waals surface area contributed by atoms with E-state index in [0.29, 0.717) is 11.4 Å². The lowest BCUT2D eigenvalue weighted by Gasteiger charge is -2.27. The number of rotatable bonds is 5. The van der Waals surface area contributed by atoms with E-state index in [0.717, 1.165) is 11.1 Å². The first-order valence-corrected chi connectivity index (χ1v) is 8.11. The van der Waals surface area contributed by atoms with Gasteiger partial charge in [0.25, 0.3) is 11.5 Å². The molecule has 0 spiro atoms. The van der Waals surface area contributed by atoms with Crippen LogP contribution in [0.3, 0.4) is 0 Å². The summed E-state index contributed by atoms with van der Waals surface area (Å²) in [5.74, 6) is -0.280. The van der Waals surface area contributed by atoms with Gasteiger partial charge in [0.15, 0.2) is 5.60 Å². The summed E-state index contributed by atoms with van der Waals surface area (Å²) in [4.78, 5) is 24.0. The molecule has 1 aromatic heterocycles. The molecule has 132 valence electrons. The summed E-state index contributed by atoms with van der Waals surface area (Å²) in [6.45, 7) is 1.73. The molecule has 0 radical (unpaired) electrons. The van der Waals surface area contributed by atoms with Crippen molar-refractivity contribution in [3.05, 3.63) is 82.6 Å². The van der Waals surface area contributed by atoms with Crippen LogP contribution < -0.4 is 10.9 Å². The second kappa shape index (κ2) is 7.33. The molecule has 2 aromatic carbocycles. The average Bonchev–Trinajstić information content (AvgIpc) is 2.68. The minimum atomic E-state index is -1.12. The molecule has 0 unspecified atom stereocenters. The van der Waals surface area contributed by atoms with Crippen molar-refractivity contribution in [2.75, 3.05) is 12.4 Å². The molecule has 0 saturated heterocycles. The van der Waals surface area contributed by atoms with Crippen molar-refractivity contribution in [2.24, 2.45) is 0 Å². The van der Waals surface area contributed by atoms with E-state index in [9.17, 15) is 9.59 Å². The Bertz CT molecular complexity index is 949. The predicted octanol–water partition coefficient (Wildman–Crippen LogP) is 2.94. The molecule has 0 aliphatic heterocycles. The van der Waals surface area contributed by atoms with Crippen molar-refractivity contribution >= 4 is 11.6 Å². The largest absolute Gasteiger partial charge is 0.364 e. The maximum absolute atomic E-state index is 12.9. The number of nitrogens with one attached hydrogen (secondary N) is 2. The Morgan fingerprint density at radius 1 is 1.08 bits per heavy atom. The molecule has 0 aliphatic rings. The lowest BCUT2D eigenvalue weighted by molar-refractivity contribution is -0.136. The van der Waals surface area contributed by atoms with Crippen molar-refractivity contribution in [3.63, 3.8) is 0 Å². The third kappa shape index (κ3) is 3.55. The summed E-state index contributed by atoms with van der Waals surface area (Å²) in [6.07, 6.45) is 0. The van der Waals surface area contributed by atoms with Crippen molar-refractivity contribution in [3.8, 4) is 11.3 Å². The van der Waals surface area contributed by atoms with E-state index in [4.69, 9.17) is 4.74 Å². The number of anilines is 1. The van der Waals surface area contributed by atoms with Crippen molar-refractivity contribution < 1.29 is 9.53 Å². The van der Waals surface area contributed by atoms with Crippen molar-refractivity contribution in [1.82, 2.24) is 10.2 Å². The Balaban J connectivity index is 1.86. The highest BCUT2D eigenvalue weighted by Gasteiger charge is 2.35. The molecule has 1 atom stereocenters. The number of benzene rings is 2. The molecule has 1 amide bonds. The number of aromatic amines is 1. The maximum atomic E-state index is 12.9. The second-order valence-electron chi connectivity index (χ2n) is 5.94. The van der Waals surface area contributed by atoms with Gasteiger partial charge in [0.1, 0.15) is 0 Å². The summed E-state index contributed by atoms with van der Waals surface area (Å²) in [5.41, 5.74) is 1.37. The van der Waals surface area contributed by atoms with Gasteiger partial charge in [-0.1, -0.05) is 42.5 Å². The number of amides is 1. The van der Waals surface area contributed by atoms with E-state index in [2.05, 4.69) is 15.5 Å². The number of nitrogens with zero attached hydrogens (tertiary/aromatic N) is 1. The van der Waals surface area contributed by atoms with Gasteiger partial charge in [-0.3, -0.25) is 9.59 Å². The van der Waals surface area contributed by atoms with Crippen LogP contribution in [0, 0.1) is 0 Å². The molecule has 0 aliphatic carbocycles. The summed E-state index contributed by atoms with van der Waals surface area (Å²) >= 11 is 0. The van der Waals surface area contributed by atoms with Gasteiger partial charge in [0.2, 0.25) is 0 Å². The minimum Gasteiger partial charge on any atom is -0.364 e. The number of aromatic nitrogens is 2. The van der Waals surface area contributed by atoms with E-state index < -0.39 is 5.60 Å². The fraction of sp³-hybridized carbons (Fsp3) is 0.150. The van der Waals surface area contributed by atoms with Crippen LogP contribution in [0.15, 0.2) is 71.5 Å². The quantitative estimate of drug-likeness (QED) is 0.742. The van der Waals surface area contributed by atoms with Gasteiger partial charge in [0.05, 0.1) is 5.69 Å². The van der Waals surface area contributed by atoms with Crippen molar-refractivity contribution in [1.29, 1.82) is 0 Å². The summed E-state index contributed by atoms with van der Waals surface area (Å²) in [7, 11) is 1.51. The lowest BCUT2D eigenvalue weighted by atomic mass is 9.94. The Morgan fingerprint density at radius 3 is 2.50 bits per heavy atom. The van der Waals surface area contributed by atoms with Gasteiger partial charge >= 0.3 is 0 Å². The molecule has 6 nitrogen and oxygen atoms in total. The summed E-state index contributed by atoms with van der Waals surface area (Å²) < 4.78 is 5.52. The fourth-order valence-electron chi connectivity index (χ4n) is 2.61. The molecule has 1 heterocycles. The van der Waals surface area contributed by atoms with Crippen LogP contribution in [0.25, 0.3) is 11.3 Å². The van der Waals surface area contributed by atoms with E-state index in [1.807, 2.05) is 42.5 Å². The zero-order valence-corrected chi connectivity index (χ0v) is 14.5. The molecule has 0 saturated carbocycles. The molecule has 3 aromatic rings. The Hall–Kier alpha value is -3.25. The molecule has 26 heavy (non-hydrogen) atoms. The molecule has 0 bridgehead atoms. The predicted molar refractivity (Wildman–Crippen MR) is 99.7 cm³/mol. The highest BCUT2D eigenvalue weighted by molar-refractivity contribution is 5.98. The maximum Gasteiger partial charge on any atom is 0.264 e. The Labute approximate surface area is 150 Å². The summed E-state index contributed by atoms with van der Waals surface area (Å²) in [6, 6.07) is 19.6. The smallest absolute Gasteiger partial charge is 0.264 e. The van der Waals surface area contributed by atoms with Crippen LogP contribution >= 0.6 is 0 Å². The molecule has 0 fully saturated rings. The first kappa shape index (κ1) is 17.6. The van der Waals surface area contributed by atoms with Gasteiger partial charge in [-0.05, 0) is 30.7 Å². The number of hydrogen-bond acceptors (Lipinski definition) is 4. The number of ether oxygens (including phenoxy) is 1. The summed E-state index contributed by atoms with van der Waals surface area (Å²) in [5, 5.41) is 9.30. The minimum absolute atomic E-state index is 0.267. The molecule has 2 N–H and O–H groups in total. The first-order valence-electron chi connectivity index (χ1n) is 8.11. The highest BCUT2D eigenvalue weighted by atomic mass is 16.5. The fourth-order valence-corrected chi connectivity index (χ4v) is 2.61. The molecule has 6 heteroatoms. The van der Waals surface area contributed by atoms with Crippen LogP contribution in [0.5, 0.6) is 0 Å². The number of methoxy groups -OCH3 is 1. The SMILES string of the molecule is CO[C@](C)(C(=O)Nc1cccc(-c2ccc(=O)[nH]n2)c1)c1ccccc1. The molecular weight excluding hydrogens is 330 g/mol. The lowest BCUT2D eigenvalue weighted by Crippen LogP contribution is -2.39. The zero-order valence-electron chi connectivity index (χ0n) is 14.5. The van der Waals surface area contributed by atoms with Gasteiger partial charge in [-0.2, -0.15) is 5.10 Å². The third-order valence-corrected chi connectivity index (χ3v) is 4.26. The van der Waals surface area contributed by atoms with Gasteiger partial charge < -0.3 is 10.1 Å². The van der Waals surface area contributed by atoms with E-state index in [1.54, 1.807) is 25.1 Å². The van der Waals surface area contributed by atoms with E-state index in [1.165, 1.54) is 13.2 Å². The zero-order chi connectivity index (χ0) is 18.6. The van der Waals surface area contributed by atoms with E-state index in [-0.39, 0.29) is 11.5 Å². The number of H-pyrrole nitrogens is 1. The Morgan fingerprint density at radius 2 is 1.85 bits per heavy atom. The number of hydrogen-bond donors (Lipinski definition) is 2. The number of carbonyl (C=O) groups excluding carboxylic acids is 1. The Kier molecular flexibility index (Phi) is 4.95. The molecular formula is C20H19N3O3. The van der Waals surface area contributed by atoms with Gasteiger partial charge in [-0.15, -0.1) is 0 Å². The van der Waals surface area contributed by atoms with Crippen LogP contribution in [0.2, 0.25) is 0 Å². The van der Waals surface area contributed by atoms with Gasteiger partial charge in [0, 0.05) is 24.4 Å². The van der Waals surface area contributed by atoms with Crippen LogP contribution in [-0.4, -0.2) is 23.2 Å². The monoisotopic (exact) mass is 349 g/mol. The second-order valence-corrected chi connectivity index (χ2v) is 5.94. The average molecular weight is 349 g/mol. The number of carbonyl (C=O) groups is 1. The molecule has 3 rings (SSSR count). The van der Waals surface area contributed by atoms with Gasteiger partial charge in [-0.25, -0.2) is 5.10 Å². The standard InChI is InChI=1S/C20H19N3O3/c1-20(26-2,15-8-4-3-5-9-15)19(25)21-16-10-6-7-14(13-16)17-11-12-18(24)23-22-17/h3-13H,1-2H3,(H,21,25)(H,23,24)/t20-/m0/s1. The van der Waals surface area contributed by atoms with E-state index >= 15 is 0 Å². The van der Waals surface area contributed by atoms with Crippen LogP contribution in [0.4, 0.5) is 5.69 Å². The van der Waals surface area contributed by atoms with Crippen molar-refractivity contribution in [2.45, 2.75) is 12.5 Å². The highest BCUT2D eigenvalue weighted by Crippen LogP contribution is 2.27.